The number of hydrogen-bond donors (Lipinski definition) is 0. The summed E-state index contributed by atoms with van der Waals surface area (Å²) in [6, 6.07) is 24.3. The van der Waals surface area contributed by atoms with Gasteiger partial charge in [0, 0.05) is 19.3 Å². The van der Waals surface area contributed by atoms with E-state index in [1.165, 1.54) is 4.31 Å². The lowest BCUT2D eigenvalue weighted by molar-refractivity contribution is 0.0730. The summed E-state index contributed by atoms with van der Waals surface area (Å²) in [4.78, 5) is 4.73. The van der Waals surface area contributed by atoms with Gasteiger partial charge < -0.3 is 9.47 Å². The van der Waals surface area contributed by atoms with E-state index < -0.39 is 10.0 Å². The van der Waals surface area contributed by atoms with Gasteiger partial charge in [0.05, 0.1) is 23.8 Å². The van der Waals surface area contributed by atoms with Crippen LogP contribution in [0.5, 0.6) is 5.75 Å². The Kier molecular flexibility index (Phi) is 6.76. The highest BCUT2D eigenvalue weighted by Gasteiger charge is 2.25. The summed E-state index contributed by atoms with van der Waals surface area (Å²) >= 11 is 0. The maximum atomic E-state index is 12.7. The summed E-state index contributed by atoms with van der Waals surface area (Å²) in [5.74, 6) is 0.764. The molecule has 1 saturated heterocycles. The lowest BCUT2D eigenvalue weighted by Gasteiger charge is -2.26. The monoisotopic (exact) mass is 436 g/mol. The molecule has 1 aliphatic rings. The van der Waals surface area contributed by atoms with Gasteiger partial charge in [-0.2, -0.15) is 4.31 Å². The van der Waals surface area contributed by atoms with Crippen molar-refractivity contribution in [2.24, 2.45) is 4.99 Å². The van der Waals surface area contributed by atoms with Crippen LogP contribution in [0.25, 0.3) is 0 Å². The second-order valence-corrected chi connectivity index (χ2v) is 9.05. The summed E-state index contributed by atoms with van der Waals surface area (Å²) in [5, 5.41) is 0. The molecule has 0 aromatic heterocycles. The van der Waals surface area contributed by atoms with E-state index >= 15 is 0 Å². The van der Waals surface area contributed by atoms with E-state index in [1.54, 1.807) is 30.5 Å². The van der Waals surface area contributed by atoms with Crippen LogP contribution >= 0.6 is 0 Å². The lowest BCUT2D eigenvalue weighted by Crippen LogP contribution is -2.40. The Morgan fingerprint density at radius 3 is 2.42 bits per heavy atom. The van der Waals surface area contributed by atoms with E-state index in [0.29, 0.717) is 38.6 Å². The minimum absolute atomic E-state index is 0.268. The third-order valence-electron chi connectivity index (χ3n) is 4.91. The highest BCUT2D eigenvalue weighted by atomic mass is 32.2. The van der Waals surface area contributed by atoms with Gasteiger partial charge in [0.15, 0.2) is 0 Å². The van der Waals surface area contributed by atoms with Crippen LogP contribution in [0.15, 0.2) is 88.8 Å². The molecule has 0 amide bonds. The van der Waals surface area contributed by atoms with Crippen molar-refractivity contribution in [1.29, 1.82) is 0 Å². The van der Waals surface area contributed by atoms with Gasteiger partial charge in [-0.05, 0) is 47.5 Å². The van der Waals surface area contributed by atoms with Crippen molar-refractivity contribution in [2.75, 3.05) is 26.3 Å². The van der Waals surface area contributed by atoms with Crippen LogP contribution in [0, 0.1) is 0 Å². The van der Waals surface area contributed by atoms with Gasteiger partial charge in [-0.15, -0.1) is 0 Å². The maximum Gasteiger partial charge on any atom is 0.243 e. The predicted octanol–water partition coefficient (Wildman–Crippen LogP) is 4.04. The van der Waals surface area contributed by atoms with E-state index in [-0.39, 0.29) is 4.90 Å². The van der Waals surface area contributed by atoms with Gasteiger partial charge in [-0.3, -0.25) is 4.99 Å². The molecule has 0 bridgehead atoms. The van der Waals surface area contributed by atoms with Crippen molar-refractivity contribution in [1.82, 2.24) is 4.31 Å². The van der Waals surface area contributed by atoms with Crippen LogP contribution in [0.2, 0.25) is 0 Å². The molecule has 31 heavy (non-hydrogen) atoms. The molecule has 0 aliphatic carbocycles. The first-order valence-electron chi connectivity index (χ1n) is 10.1. The SMILES string of the molecule is O=S(=O)(c1ccc(N=Cc2cccc(OCc3ccccc3)c2)cc1)N1CCOCC1. The van der Waals surface area contributed by atoms with Crippen LogP contribution in [0.1, 0.15) is 11.1 Å². The minimum Gasteiger partial charge on any atom is -0.489 e. The lowest BCUT2D eigenvalue weighted by atomic mass is 10.2. The normalized spacial score (nSPS) is 15.2. The molecule has 160 valence electrons. The summed E-state index contributed by atoms with van der Waals surface area (Å²) in [7, 11) is -3.50. The van der Waals surface area contributed by atoms with Crippen LogP contribution in [-0.4, -0.2) is 45.2 Å². The van der Waals surface area contributed by atoms with Gasteiger partial charge in [0.25, 0.3) is 0 Å². The molecule has 0 atom stereocenters. The Bertz CT molecular complexity index is 1120. The third kappa shape index (κ3) is 5.58. The molecule has 6 nitrogen and oxygen atoms in total. The number of sulfonamides is 1. The van der Waals surface area contributed by atoms with E-state index in [0.717, 1.165) is 16.9 Å². The minimum atomic E-state index is -3.50. The molecule has 0 spiro atoms. The predicted molar refractivity (Wildman–Crippen MR) is 120 cm³/mol. The first kappa shape index (κ1) is 21.2. The molecule has 4 rings (SSSR count). The molecule has 7 heteroatoms. The molecule has 3 aromatic rings. The number of hydrogen-bond acceptors (Lipinski definition) is 5. The quantitative estimate of drug-likeness (QED) is 0.524. The second kappa shape index (κ2) is 9.87. The van der Waals surface area contributed by atoms with Gasteiger partial charge in [0.1, 0.15) is 12.4 Å². The number of aliphatic imine (C=N–C) groups is 1. The molecule has 3 aromatic carbocycles. The van der Waals surface area contributed by atoms with E-state index in [4.69, 9.17) is 9.47 Å². The maximum absolute atomic E-state index is 12.7. The second-order valence-electron chi connectivity index (χ2n) is 7.12. The van der Waals surface area contributed by atoms with Crippen LogP contribution < -0.4 is 4.74 Å². The highest BCUT2D eigenvalue weighted by molar-refractivity contribution is 7.89. The van der Waals surface area contributed by atoms with Crippen LogP contribution in [-0.2, 0) is 21.4 Å². The summed E-state index contributed by atoms with van der Waals surface area (Å²) in [6.45, 7) is 2.11. The van der Waals surface area contributed by atoms with Gasteiger partial charge in [-0.1, -0.05) is 42.5 Å². The summed E-state index contributed by atoms with van der Waals surface area (Å²) < 4.78 is 37.9. The summed E-state index contributed by atoms with van der Waals surface area (Å²) in [5.41, 5.74) is 2.68. The Morgan fingerprint density at radius 2 is 1.68 bits per heavy atom. The number of rotatable bonds is 7. The van der Waals surface area contributed by atoms with E-state index in [2.05, 4.69) is 4.99 Å². The summed E-state index contributed by atoms with van der Waals surface area (Å²) in [6.07, 6.45) is 1.74. The largest absolute Gasteiger partial charge is 0.489 e. The Labute approximate surface area is 182 Å². The Morgan fingerprint density at radius 1 is 0.935 bits per heavy atom. The number of ether oxygens (including phenoxy) is 2. The van der Waals surface area contributed by atoms with Crippen molar-refractivity contribution in [3.05, 3.63) is 90.0 Å². The molecule has 0 saturated carbocycles. The van der Waals surface area contributed by atoms with Crippen molar-refractivity contribution >= 4 is 21.9 Å². The fourth-order valence-electron chi connectivity index (χ4n) is 3.21. The van der Waals surface area contributed by atoms with Crippen molar-refractivity contribution < 1.29 is 17.9 Å². The molecule has 0 N–H and O–H groups in total. The molecular weight excluding hydrogens is 412 g/mol. The van der Waals surface area contributed by atoms with Crippen molar-refractivity contribution in [3.8, 4) is 5.75 Å². The zero-order chi connectivity index (χ0) is 21.5. The number of morpholine rings is 1. The van der Waals surface area contributed by atoms with E-state index in [1.807, 2.05) is 54.6 Å². The number of benzene rings is 3. The van der Waals surface area contributed by atoms with Crippen molar-refractivity contribution in [2.45, 2.75) is 11.5 Å². The van der Waals surface area contributed by atoms with Gasteiger partial charge in [-0.25, -0.2) is 8.42 Å². The van der Waals surface area contributed by atoms with Gasteiger partial charge in [0.2, 0.25) is 10.0 Å². The molecule has 1 fully saturated rings. The number of nitrogens with zero attached hydrogens (tertiary/aromatic N) is 2. The first-order valence-corrected chi connectivity index (χ1v) is 11.5. The third-order valence-corrected chi connectivity index (χ3v) is 6.83. The Hall–Kier alpha value is -3.00. The molecular formula is C24H24N2O4S. The first-order chi connectivity index (χ1) is 15.1. The van der Waals surface area contributed by atoms with Gasteiger partial charge >= 0.3 is 0 Å². The van der Waals surface area contributed by atoms with Crippen LogP contribution in [0.4, 0.5) is 5.69 Å². The molecule has 0 unspecified atom stereocenters. The fraction of sp³-hybridized carbons (Fsp3) is 0.208. The topological polar surface area (TPSA) is 68.2 Å². The standard InChI is InChI=1S/C24H24N2O4S/c27-31(28,26-13-15-29-16-14-26)24-11-9-22(10-12-24)25-18-21-7-4-8-23(17-21)30-19-20-5-2-1-3-6-20/h1-12,17-18H,13-16,19H2. The van der Waals surface area contributed by atoms with Crippen molar-refractivity contribution in [3.63, 3.8) is 0 Å². The Balaban J connectivity index is 1.40. The highest BCUT2D eigenvalue weighted by Crippen LogP contribution is 2.21. The zero-order valence-corrected chi connectivity index (χ0v) is 17.9. The molecule has 0 radical (unpaired) electrons. The smallest absolute Gasteiger partial charge is 0.243 e. The van der Waals surface area contributed by atoms with E-state index in [9.17, 15) is 8.42 Å². The average Bonchev–Trinajstić information content (AvgIpc) is 2.83. The molecule has 1 aliphatic heterocycles. The average molecular weight is 437 g/mol. The molecule has 1 heterocycles. The zero-order valence-electron chi connectivity index (χ0n) is 17.1. The van der Waals surface area contributed by atoms with Crippen LogP contribution in [0.3, 0.4) is 0 Å². The fourth-order valence-corrected chi connectivity index (χ4v) is 4.62.